The van der Waals surface area contributed by atoms with E-state index in [0.717, 1.165) is 0 Å². The minimum atomic E-state index is -1.67. The summed E-state index contributed by atoms with van der Waals surface area (Å²) in [7, 11) is 0. The van der Waals surface area contributed by atoms with Gasteiger partial charge in [0.05, 0.1) is 0 Å². The van der Waals surface area contributed by atoms with Crippen molar-refractivity contribution < 1.29 is 4.39 Å². The summed E-state index contributed by atoms with van der Waals surface area (Å²) in [5.74, 6) is 2.08. The molecule has 0 heterocycles. The Morgan fingerprint density at radius 1 is 1.50 bits per heavy atom. The zero-order valence-electron chi connectivity index (χ0n) is 6.74. The number of terminal acetylenes is 1. The lowest BCUT2D eigenvalue weighted by atomic mass is 9.78. The Bertz CT molecular complexity index is 152. The van der Waals surface area contributed by atoms with Crippen LogP contribution in [0.4, 0.5) is 4.39 Å². The van der Waals surface area contributed by atoms with E-state index in [1.54, 1.807) is 20.8 Å². The Hall–Kier alpha value is -0.550. The fourth-order valence-electron chi connectivity index (χ4n) is 0.582. The Balaban J connectivity index is 4.54. The molecule has 0 fully saturated rings. The standard InChI is InChI=1S/C8H14FN/c1-5-8(9,6-10)7(2,3)4/h1H,6,10H2,2-4H3. The summed E-state index contributed by atoms with van der Waals surface area (Å²) in [6.07, 6.45) is 5.00. The zero-order valence-corrected chi connectivity index (χ0v) is 6.74. The van der Waals surface area contributed by atoms with Gasteiger partial charge in [-0.1, -0.05) is 26.7 Å². The fourth-order valence-corrected chi connectivity index (χ4v) is 0.582. The van der Waals surface area contributed by atoms with Gasteiger partial charge in [0.15, 0.2) is 5.67 Å². The first kappa shape index (κ1) is 9.45. The van der Waals surface area contributed by atoms with E-state index in [2.05, 4.69) is 5.92 Å². The maximum absolute atomic E-state index is 13.4. The van der Waals surface area contributed by atoms with Gasteiger partial charge >= 0.3 is 0 Å². The predicted octanol–water partition coefficient (Wildman–Crippen LogP) is 1.33. The SMILES string of the molecule is C#CC(F)(CN)C(C)(C)C. The van der Waals surface area contributed by atoms with Crippen LogP contribution in [0.3, 0.4) is 0 Å². The van der Waals surface area contributed by atoms with E-state index in [-0.39, 0.29) is 6.54 Å². The molecule has 0 aliphatic carbocycles. The van der Waals surface area contributed by atoms with E-state index in [0.29, 0.717) is 0 Å². The molecule has 0 aliphatic heterocycles. The third-order valence-electron chi connectivity index (χ3n) is 1.70. The molecule has 0 radical (unpaired) electrons. The largest absolute Gasteiger partial charge is 0.327 e. The van der Waals surface area contributed by atoms with Gasteiger partial charge in [-0.25, -0.2) is 4.39 Å². The van der Waals surface area contributed by atoms with Gasteiger partial charge in [0.25, 0.3) is 0 Å². The highest BCUT2D eigenvalue weighted by Crippen LogP contribution is 2.32. The van der Waals surface area contributed by atoms with Gasteiger partial charge < -0.3 is 5.73 Å². The van der Waals surface area contributed by atoms with Crippen LogP contribution in [0, 0.1) is 17.8 Å². The van der Waals surface area contributed by atoms with Gasteiger partial charge in [-0.15, -0.1) is 6.42 Å². The third kappa shape index (κ3) is 1.48. The second-order valence-electron chi connectivity index (χ2n) is 3.40. The van der Waals surface area contributed by atoms with Crippen molar-refractivity contribution in [3.63, 3.8) is 0 Å². The second kappa shape index (κ2) is 2.59. The molecule has 10 heavy (non-hydrogen) atoms. The molecule has 0 aromatic heterocycles. The molecule has 0 aliphatic rings. The fraction of sp³-hybridized carbons (Fsp3) is 0.750. The van der Waals surface area contributed by atoms with Gasteiger partial charge in [-0.3, -0.25) is 0 Å². The average Bonchev–Trinajstić information content (AvgIpc) is 1.84. The molecule has 2 heteroatoms. The van der Waals surface area contributed by atoms with Gasteiger partial charge in [0.1, 0.15) is 0 Å². The highest BCUT2D eigenvalue weighted by molar-refractivity contribution is 5.14. The maximum atomic E-state index is 13.4. The smallest absolute Gasteiger partial charge is 0.187 e. The van der Waals surface area contributed by atoms with Crippen LogP contribution in [0.5, 0.6) is 0 Å². The molecule has 0 saturated carbocycles. The first-order valence-electron chi connectivity index (χ1n) is 3.24. The molecule has 0 aromatic rings. The quantitative estimate of drug-likeness (QED) is 0.551. The summed E-state index contributed by atoms with van der Waals surface area (Å²) in [5.41, 5.74) is 2.94. The van der Waals surface area contributed by atoms with E-state index in [4.69, 9.17) is 12.2 Å². The second-order valence-corrected chi connectivity index (χ2v) is 3.40. The molecular weight excluding hydrogens is 129 g/mol. The summed E-state index contributed by atoms with van der Waals surface area (Å²) in [6.45, 7) is 5.09. The van der Waals surface area contributed by atoms with E-state index < -0.39 is 11.1 Å². The van der Waals surface area contributed by atoms with Gasteiger partial charge in [0, 0.05) is 12.0 Å². The first-order valence-corrected chi connectivity index (χ1v) is 3.24. The molecule has 0 spiro atoms. The predicted molar refractivity (Wildman–Crippen MR) is 41.2 cm³/mol. The van der Waals surface area contributed by atoms with Crippen molar-refractivity contribution in [3.8, 4) is 12.3 Å². The van der Waals surface area contributed by atoms with Crippen molar-refractivity contribution in [2.24, 2.45) is 11.1 Å². The molecule has 0 rings (SSSR count). The van der Waals surface area contributed by atoms with Crippen molar-refractivity contribution in [3.05, 3.63) is 0 Å². The maximum Gasteiger partial charge on any atom is 0.187 e. The zero-order chi connectivity index (χ0) is 8.41. The van der Waals surface area contributed by atoms with Crippen LogP contribution < -0.4 is 5.73 Å². The summed E-state index contributed by atoms with van der Waals surface area (Å²) < 4.78 is 13.4. The van der Waals surface area contributed by atoms with Crippen LogP contribution in [-0.2, 0) is 0 Å². The lowest BCUT2D eigenvalue weighted by Gasteiger charge is -2.31. The number of alkyl halides is 1. The monoisotopic (exact) mass is 143 g/mol. The van der Waals surface area contributed by atoms with Crippen LogP contribution in [-0.4, -0.2) is 12.2 Å². The van der Waals surface area contributed by atoms with Crippen LogP contribution >= 0.6 is 0 Å². The molecule has 0 bridgehead atoms. The van der Waals surface area contributed by atoms with Crippen molar-refractivity contribution in [1.82, 2.24) is 0 Å². The molecule has 0 saturated heterocycles. The average molecular weight is 143 g/mol. The van der Waals surface area contributed by atoms with E-state index in [1.165, 1.54) is 0 Å². The van der Waals surface area contributed by atoms with E-state index in [1.807, 2.05) is 0 Å². The molecule has 1 nitrogen and oxygen atoms in total. The minimum Gasteiger partial charge on any atom is -0.327 e. The lowest BCUT2D eigenvalue weighted by Crippen LogP contribution is -2.43. The Morgan fingerprint density at radius 2 is 1.90 bits per heavy atom. The highest BCUT2D eigenvalue weighted by Gasteiger charge is 2.39. The number of nitrogens with two attached hydrogens (primary N) is 1. The topological polar surface area (TPSA) is 26.0 Å². The van der Waals surface area contributed by atoms with E-state index >= 15 is 0 Å². The van der Waals surface area contributed by atoms with Crippen LogP contribution in [0.2, 0.25) is 0 Å². The Morgan fingerprint density at radius 3 is 1.90 bits per heavy atom. The molecular formula is C8H14FN. The van der Waals surface area contributed by atoms with Crippen LogP contribution in [0.1, 0.15) is 20.8 Å². The van der Waals surface area contributed by atoms with Crippen molar-refractivity contribution >= 4 is 0 Å². The molecule has 2 N–H and O–H groups in total. The van der Waals surface area contributed by atoms with E-state index in [9.17, 15) is 4.39 Å². The number of rotatable bonds is 1. The summed E-state index contributed by atoms with van der Waals surface area (Å²) >= 11 is 0. The number of halogens is 1. The Kier molecular flexibility index (Phi) is 2.45. The molecule has 1 unspecified atom stereocenters. The number of hydrogen-bond donors (Lipinski definition) is 1. The van der Waals surface area contributed by atoms with Crippen LogP contribution in [0.25, 0.3) is 0 Å². The van der Waals surface area contributed by atoms with Crippen molar-refractivity contribution in [1.29, 1.82) is 0 Å². The normalized spacial score (nSPS) is 17.6. The molecule has 58 valence electrons. The third-order valence-corrected chi connectivity index (χ3v) is 1.70. The minimum absolute atomic E-state index is 0.118. The van der Waals surface area contributed by atoms with Crippen molar-refractivity contribution in [2.75, 3.05) is 6.54 Å². The van der Waals surface area contributed by atoms with Crippen molar-refractivity contribution in [2.45, 2.75) is 26.4 Å². The molecule has 1 atom stereocenters. The van der Waals surface area contributed by atoms with Gasteiger partial charge in [-0.2, -0.15) is 0 Å². The summed E-state index contributed by atoms with van der Waals surface area (Å²) in [5, 5.41) is 0. The molecule has 0 amide bonds. The summed E-state index contributed by atoms with van der Waals surface area (Å²) in [6, 6.07) is 0. The number of hydrogen-bond acceptors (Lipinski definition) is 1. The first-order chi connectivity index (χ1) is 4.37. The molecule has 0 aromatic carbocycles. The lowest BCUT2D eigenvalue weighted by molar-refractivity contribution is 0.0984. The van der Waals surface area contributed by atoms with Gasteiger partial charge in [0.2, 0.25) is 0 Å². The Labute approximate surface area is 61.8 Å². The summed E-state index contributed by atoms with van der Waals surface area (Å²) in [4.78, 5) is 0. The van der Waals surface area contributed by atoms with Crippen LogP contribution in [0.15, 0.2) is 0 Å². The highest BCUT2D eigenvalue weighted by atomic mass is 19.1. The van der Waals surface area contributed by atoms with Gasteiger partial charge in [-0.05, 0) is 0 Å².